The van der Waals surface area contributed by atoms with Crippen molar-refractivity contribution in [2.24, 2.45) is 0 Å². The van der Waals surface area contributed by atoms with Crippen molar-refractivity contribution in [3.05, 3.63) is 63.0 Å². The van der Waals surface area contributed by atoms with Crippen molar-refractivity contribution in [1.82, 2.24) is 9.97 Å². The van der Waals surface area contributed by atoms with E-state index >= 15 is 0 Å². The maximum Gasteiger partial charge on any atom is 0.348 e. The van der Waals surface area contributed by atoms with E-state index in [9.17, 15) is 9.59 Å². The lowest BCUT2D eigenvalue weighted by atomic mass is 10.2. The highest BCUT2D eigenvalue weighted by Crippen LogP contribution is 2.32. The Morgan fingerprint density at radius 1 is 1.27 bits per heavy atom. The molecule has 0 fully saturated rings. The largest absolute Gasteiger partial charge is 0.493 e. The van der Waals surface area contributed by atoms with Gasteiger partial charge < -0.3 is 23.9 Å². The Morgan fingerprint density at radius 2 is 2.06 bits per heavy atom. The molecule has 1 aromatic carbocycles. The third kappa shape index (κ3) is 5.62. The Labute approximate surface area is 199 Å². The highest BCUT2D eigenvalue weighted by molar-refractivity contribution is 7.20. The molecule has 0 unspecified atom stereocenters. The maximum absolute atomic E-state index is 12.7. The number of nitrogens with one attached hydrogen (secondary N) is 1. The molecular formula is C23H23ClN2O6S. The molecule has 174 valence electrons. The predicted octanol–water partition coefficient (Wildman–Crippen LogP) is 4.41. The second-order valence-corrected chi connectivity index (χ2v) is 8.19. The predicted molar refractivity (Wildman–Crippen MR) is 130 cm³/mol. The van der Waals surface area contributed by atoms with Crippen LogP contribution in [0.15, 0.2) is 35.6 Å². The van der Waals surface area contributed by atoms with Crippen molar-refractivity contribution in [1.29, 1.82) is 0 Å². The van der Waals surface area contributed by atoms with E-state index in [1.165, 1.54) is 14.2 Å². The number of hydrogen-bond acceptors (Lipinski definition) is 8. The van der Waals surface area contributed by atoms with Crippen LogP contribution in [0.1, 0.15) is 26.6 Å². The van der Waals surface area contributed by atoms with Gasteiger partial charge in [0, 0.05) is 7.11 Å². The number of ether oxygens (including phenoxy) is 4. The summed E-state index contributed by atoms with van der Waals surface area (Å²) in [5, 5.41) is 0.545. The number of aromatic amines is 1. The first-order valence-corrected chi connectivity index (χ1v) is 11.1. The fourth-order valence-electron chi connectivity index (χ4n) is 2.99. The van der Waals surface area contributed by atoms with Gasteiger partial charge in [0.25, 0.3) is 5.56 Å². The minimum absolute atomic E-state index is 0.119. The molecule has 0 bridgehead atoms. The van der Waals surface area contributed by atoms with Gasteiger partial charge in [0.1, 0.15) is 22.9 Å². The number of rotatable bonds is 10. The number of thiophene rings is 1. The van der Waals surface area contributed by atoms with Crippen molar-refractivity contribution in [3.63, 3.8) is 0 Å². The molecule has 1 N–H and O–H groups in total. The molecule has 3 aromatic rings. The van der Waals surface area contributed by atoms with Gasteiger partial charge in [-0.3, -0.25) is 4.79 Å². The average molecular weight is 491 g/mol. The zero-order valence-electron chi connectivity index (χ0n) is 18.4. The molecule has 10 heteroatoms. The number of aromatic nitrogens is 2. The van der Waals surface area contributed by atoms with E-state index in [-0.39, 0.29) is 24.1 Å². The normalized spacial score (nSPS) is 11.5. The van der Waals surface area contributed by atoms with Crippen LogP contribution in [0.5, 0.6) is 11.5 Å². The number of H-pyrrole nitrogens is 1. The Bertz CT molecular complexity index is 1260. The number of nitrogens with zero attached hydrogens (tertiary/aromatic N) is 1. The second-order valence-electron chi connectivity index (χ2n) is 6.78. The number of halogens is 1. The van der Waals surface area contributed by atoms with Crippen LogP contribution in [0.25, 0.3) is 21.3 Å². The van der Waals surface area contributed by atoms with Gasteiger partial charge in [-0.25, -0.2) is 9.78 Å². The monoisotopic (exact) mass is 490 g/mol. The third-order valence-corrected chi connectivity index (χ3v) is 6.02. The van der Waals surface area contributed by atoms with Crippen LogP contribution in [0.3, 0.4) is 0 Å². The van der Waals surface area contributed by atoms with Gasteiger partial charge in [-0.2, -0.15) is 0 Å². The summed E-state index contributed by atoms with van der Waals surface area (Å²) in [5.41, 5.74) is 0.838. The SMILES string of the molecule is C=CCOc1ccc(/C=C(\Cl)c2nc3sc(C(=O)OCCOC)c(C)c3c(=O)[nH]2)cc1OC. The van der Waals surface area contributed by atoms with Crippen LogP contribution in [-0.2, 0) is 9.47 Å². The molecule has 3 rings (SSSR count). The zero-order chi connectivity index (χ0) is 24.0. The van der Waals surface area contributed by atoms with Crippen LogP contribution in [0.2, 0.25) is 0 Å². The summed E-state index contributed by atoms with van der Waals surface area (Å²) < 4.78 is 21.0. The second kappa shape index (κ2) is 11.1. The smallest absolute Gasteiger partial charge is 0.348 e. The zero-order valence-corrected chi connectivity index (χ0v) is 20.0. The van der Waals surface area contributed by atoms with Gasteiger partial charge in [0.05, 0.1) is 24.1 Å². The lowest BCUT2D eigenvalue weighted by molar-refractivity contribution is 0.0393. The summed E-state index contributed by atoms with van der Waals surface area (Å²) in [7, 11) is 3.05. The summed E-state index contributed by atoms with van der Waals surface area (Å²) in [6, 6.07) is 5.30. The number of fused-ring (bicyclic) bond motifs is 1. The fraction of sp³-hybridized carbons (Fsp3) is 0.261. The van der Waals surface area contributed by atoms with Crippen LogP contribution in [0, 0.1) is 6.92 Å². The van der Waals surface area contributed by atoms with Crippen molar-refractivity contribution >= 4 is 50.2 Å². The number of esters is 1. The Kier molecular flexibility index (Phi) is 8.26. The van der Waals surface area contributed by atoms with Gasteiger partial charge >= 0.3 is 5.97 Å². The molecule has 0 aliphatic heterocycles. The molecule has 33 heavy (non-hydrogen) atoms. The molecule has 0 saturated carbocycles. The molecule has 8 nitrogen and oxygen atoms in total. The highest BCUT2D eigenvalue weighted by Gasteiger charge is 2.21. The van der Waals surface area contributed by atoms with Crippen LogP contribution in [0.4, 0.5) is 0 Å². The van der Waals surface area contributed by atoms with Crippen molar-refractivity contribution < 1.29 is 23.7 Å². The Hall–Kier alpha value is -3.14. The maximum atomic E-state index is 12.7. The first-order chi connectivity index (χ1) is 15.9. The first-order valence-electron chi connectivity index (χ1n) is 9.88. The molecule has 0 saturated heterocycles. The molecule has 2 aromatic heterocycles. The standard InChI is InChI=1S/C23H23ClN2O6S/c1-5-8-31-16-7-6-14(12-17(16)30-4)11-15(24)20-25-21(27)18-13(2)19(33-22(18)26-20)23(28)32-10-9-29-3/h5-7,11-12H,1,8-10H2,2-4H3,(H,25,26,27)/b15-11-. The van der Waals surface area contributed by atoms with E-state index in [0.717, 1.165) is 16.9 Å². The van der Waals surface area contributed by atoms with Gasteiger partial charge in [0.2, 0.25) is 0 Å². The van der Waals surface area contributed by atoms with Crippen molar-refractivity contribution in [2.75, 3.05) is 34.0 Å². The summed E-state index contributed by atoms with van der Waals surface area (Å²) in [6.45, 7) is 6.06. The van der Waals surface area contributed by atoms with Crippen LogP contribution in [-0.4, -0.2) is 50.0 Å². The van der Waals surface area contributed by atoms with E-state index in [1.807, 2.05) is 0 Å². The number of carbonyl (C=O) groups is 1. The van der Waals surface area contributed by atoms with E-state index < -0.39 is 11.5 Å². The van der Waals surface area contributed by atoms with Crippen LogP contribution < -0.4 is 15.0 Å². The molecule has 0 atom stereocenters. The number of benzene rings is 1. The summed E-state index contributed by atoms with van der Waals surface area (Å²) in [6.07, 6.45) is 3.28. The molecule has 0 aliphatic rings. The van der Waals surface area contributed by atoms with E-state index in [0.29, 0.717) is 38.8 Å². The molecule has 0 radical (unpaired) electrons. The Morgan fingerprint density at radius 3 is 2.76 bits per heavy atom. The van der Waals surface area contributed by atoms with Crippen molar-refractivity contribution in [3.8, 4) is 11.5 Å². The van der Waals surface area contributed by atoms with Gasteiger partial charge in [-0.1, -0.05) is 30.3 Å². The summed E-state index contributed by atoms with van der Waals surface area (Å²) in [5.74, 6) is 0.747. The van der Waals surface area contributed by atoms with E-state index in [1.54, 1.807) is 37.3 Å². The third-order valence-electron chi connectivity index (χ3n) is 4.57. The Balaban J connectivity index is 1.93. The first kappa shape index (κ1) is 24.5. The minimum Gasteiger partial charge on any atom is -0.493 e. The lowest BCUT2D eigenvalue weighted by Crippen LogP contribution is -2.11. The van der Waals surface area contributed by atoms with Crippen molar-refractivity contribution in [2.45, 2.75) is 6.92 Å². The van der Waals surface area contributed by atoms with Gasteiger partial charge in [0.15, 0.2) is 17.3 Å². The quantitative estimate of drug-likeness (QED) is 0.255. The molecular weight excluding hydrogens is 468 g/mol. The minimum atomic E-state index is -0.527. The number of hydrogen-bond donors (Lipinski definition) is 1. The number of aryl methyl sites for hydroxylation is 1. The summed E-state index contributed by atoms with van der Waals surface area (Å²) in [4.78, 5) is 32.9. The molecule has 2 heterocycles. The lowest BCUT2D eigenvalue weighted by Gasteiger charge is -2.10. The van der Waals surface area contributed by atoms with Gasteiger partial charge in [-0.15, -0.1) is 11.3 Å². The van der Waals surface area contributed by atoms with Gasteiger partial charge in [-0.05, 0) is 36.3 Å². The number of carbonyl (C=O) groups excluding carboxylic acids is 1. The van der Waals surface area contributed by atoms with Crippen LogP contribution >= 0.6 is 22.9 Å². The summed E-state index contributed by atoms with van der Waals surface area (Å²) >= 11 is 7.55. The van der Waals surface area contributed by atoms with E-state index in [2.05, 4.69) is 16.5 Å². The topological polar surface area (TPSA) is 99.7 Å². The van der Waals surface area contributed by atoms with E-state index in [4.69, 9.17) is 30.5 Å². The molecule has 0 aliphatic carbocycles. The fourth-order valence-corrected chi connectivity index (χ4v) is 4.28. The molecule has 0 spiro atoms. The number of methoxy groups -OCH3 is 2. The molecule has 0 amide bonds. The highest BCUT2D eigenvalue weighted by atomic mass is 35.5. The average Bonchev–Trinajstić information content (AvgIpc) is 3.15.